The van der Waals surface area contributed by atoms with Gasteiger partial charge in [0.25, 0.3) is 11.8 Å². The van der Waals surface area contributed by atoms with Crippen LogP contribution in [0.5, 0.6) is 5.75 Å². The van der Waals surface area contributed by atoms with Crippen molar-refractivity contribution in [3.05, 3.63) is 102 Å². The Morgan fingerprint density at radius 1 is 1.22 bits per heavy atom. The van der Waals surface area contributed by atoms with Gasteiger partial charge in [-0.15, -0.1) is 0 Å². The molecule has 2 aliphatic rings. The van der Waals surface area contributed by atoms with Crippen LogP contribution < -0.4 is 10.1 Å². The zero-order chi connectivity index (χ0) is 28.8. The van der Waals surface area contributed by atoms with E-state index in [1.165, 1.54) is 4.90 Å². The Balaban J connectivity index is 1.36. The number of nitrogens with zero attached hydrogens (tertiary/aromatic N) is 5. The molecule has 1 aliphatic carbocycles. The van der Waals surface area contributed by atoms with Crippen molar-refractivity contribution in [1.29, 1.82) is 5.26 Å². The molecule has 1 N–H and O–H groups in total. The lowest BCUT2D eigenvalue weighted by molar-refractivity contribution is -0.137. The van der Waals surface area contributed by atoms with Gasteiger partial charge in [-0.2, -0.15) is 10.2 Å². The molecule has 0 radical (unpaired) electrons. The molecule has 0 unspecified atom stereocenters. The van der Waals surface area contributed by atoms with Crippen LogP contribution in [0.3, 0.4) is 0 Å². The molecular formula is C32H30N6O3. The Kier molecular flexibility index (Phi) is 8.20. The summed E-state index contributed by atoms with van der Waals surface area (Å²) in [6, 6.07) is 9.74. The van der Waals surface area contributed by atoms with Crippen LogP contribution >= 0.6 is 0 Å². The number of hydrogen-bond donors (Lipinski definition) is 1. The summed E-state index contributed by atoms with van der Waals surface area (Å²) in [5, 5.41) is 13.7. The number of rotatable bonds is 11. The second-order valence-electron chi connectivity index (χ2n) is 9.56. The van der Waals surface area contributed by atoms with Gasteiger partial charge in [-0.3, -0.25) is 19.1 Å². The molecule has 0 spiro atoms. The van der Waals surface area contributed by atoms with Crippen molar-refractivity contribution in [3.63, 3.8) is 0 Å². The van der Waals surface area contributed by atoms with E-state index < -0.39 is 0 Å². The maximum atomic E-state index is 12.8. The van der Waals surface area contributed by atoms with Gasteiger partial charge in [-0.05, 0) is 44.4 Å². The zero-order valence-electron chi connectivity index (χ0n) is 22.8. The molecule has 3 heterocycles. The second kappa shape index (κ2) is 12.3. The van der Waals surface area contributed by atoms with Gasteiger partial charge < -0.3 is 10.1 Å². The number of carbonyl (C=O) groups is 2. The summed E-state index contributed by atoms with van der Waals surface area (Å²) in [5.74, 6) is 0.806. The first-order valence-corrected chi connectivity index (χ1v) is 13.5. The Bertz CT molecular complexity index is 1690. The smallest absolute Gasteiger partial charge is 0.261 e. The van der Waals surface area contributed by atoms with E-state index in [-0.39, 0.29) is 25.0 Å². The highest BCUT2D eigenvalue weighted by Crippen LogP contribution is 2.30. The predicted molar refractivity (Wildman–Crippen MR) is 158 cm³/mol. The van der Waals surface area contributed by atoms with Gasteiger partial charge in [-0.25, -0.2) is 4.98 Å². The predicted octanol–water partition coefficient (Wildman–Crippen LogP) is 5.10. The zero-order valence-corrected chi connectivity index (χ0v) is 22.8. The van der Waals surface area contributed by atoms with Crippen molar-refractivity contribution in [3.8, 4) is 17.8 Å². The van der Waals surface area contributed by atoms with Gasteiger partial charge in [0.05, 0.1) is 29.9 Å². The molecule has 5 rings (SSSR count). The number of ether oxygens (including phenoxy) is 1. The monoisotopic (exact) mass is 546 g/mol. The number of aromatic nitrogens is 3. The Morgan fingerprint density at radius 2 is 2.10 bits per heavy atom. The summed E-state index contributed by atoms with van der Waals surface area (Å²) < 4.78 is 7.92. The Morgan fingerprint density at radius 3 is 2.90 bits per heavy atom. The van der Waals surface area contributed by atoms with Crippen LogP contribution in [0.15, 0.2) is 90.7 Å². The molecule has 0 fully saturated rings. The Hall–Kier alpha value is -5.23. The van der Waals surface area contributed by atoms with E-state index in [9.17, 15) is 14.9 Å². The average Bonchev–Trinajstić information content (AvgIpc) is 3.45. The van der Waals surface area contributed by atoms with E-state index in [1.54, 1.807) is 24.4 Å². The van der Waals surface area contributed by atoms with E-state index in [2.05, 4.69) is 22.9 Å². The fraction of sp³-hybridized carbons (Fsp3) is 0.219. The summed E-state index contributed by atoms with van der Waals surface area (Å²) in [6.07, 6.45) is 16.8. The molecule has 0 bridgehead atoms. The number of nitrogens with one attached hydrogen (secondary N) is 1. The van der Waals surface area contributed by atoms with Crippen molar-refractivity contribution in [2.45, 2.75) is 26.2 Å². The summed E-state index contributed by atoms with van der Waals surface area (Å²) >= 11 is 0. The molecule has 41 heavy (non-hydrogen) atoms. The standard InChI is InChI=1S/C32H30N6O3/c1-3-4-5-6-7-10-16-34-29-28(41-18-17-37-30(39)24-13-8-9-14-25(24)31(37)40)21-35-32(36-29)38-22(2)19-26-23(20-33)12-11-15-27(26)38/h3-8,11-13,15,19,21H,1,9-10,14,16-18H2,2H3,(H,34,35,36)/b5-4-,7-6-. The minimum atomic E-state index is -0.279. The number of nitriles is 1. The minimum Gasteiger partial charge on any atom is -0.486 e. The van der Waals surface area contributed by atoms with Gasteiger partial charge in [0.2, 0.25) is 5.95 Å². The SMILES string of the molecule is C=C/C=C\C=C/CCNc1nc(-n2c(C)cc3c(C#N)cccc32)ncc1OCCN1C(=O)C2=C(CCC=C2)C1=O. The van der Waals surface area contributed by atoms with Crippen LogP contribution in [0.4, 0.5) is 5.82 Å². The molecule has 0 saturated carbocycles. The third-order valence-corrected chi connectivity index (χ3v) is 6.91. The van der Waals surface area contributed by atoms with Crippen molar-refractivity contribution in [2.75, 3.05) is 25.0 Å². The lowest BCUT2D eigenvalue weighted by Crippen LogP contribution is -2.35. The number of hydrogen-bond acceptors (Lipinski definition) is 7. The highest BCUT2D eigenvalue weighted by molar-refractivity contribution is 6.20. The highest BCUT2D eigenvalue weighted by Gasteiger charge is 2.37. The molecular weight excluding hydrogens is 516 g/mol. The number of benzene rings is 1. The highest BCUT2D eigenvalue weighted by atomic mass is 16.5. The summed E-state index contributed by atoms with van der Waals surface area (Å²) in [5.41, 5.74) is 3.36. The molecule has 206 valence electrons. The topological polar surface area (TPSA) is 113 Å². The van der Waals surface area contributed by atoms with Crippen molar-refractivity contribution >= 4 is 28.5 Å². The number of carbonyl (C=O) groups excluding carboxylic acids is 2. The first-order valence-electron chi connectivity index (χ1n) is 13.5. The lowest BCUT2D eigenvalue weighted by atomic mass is 10.00. The molecule has 0 atom stereocenters. The molecule has 2 aromatic heterocycles. The maximum absolute atomic E-state index is 12.8. The van der Waals surface area contributed by atoms with Crippen LogP contribution in [-0.4, -0.2) is 50.9 Å². The summed E-state index contributed by atoms with van der Waals surface area (Å²) in [4.78, 5) is 36.1. The van der Waals surface area contributed by atoms with Crippen molar-refractivity contribution < 1.29 is 14.3 Å². The fourth-order valence-electron chi connectivity index (χ4n) is 4.96. The molecule has 1 aliphatic heterocycles. The molecule has 9 heteroatoms. The summed E-state index contributed by atoms with van der Waals surface area (Å²) in [7, 11) is 0. The first-order chi connectivity index (χ1) is 20.0. The van der Waals surface area contributed by atoms with E-state index in [1.807, 2.05) is 60.1 Å². The van der Waals surface area contributed by atoms with Crippen molar-refractivity contribution in [1.82, 2.24) is 19.4 Å². The third kappa shape index (κ3) is 5.58. The molecule has 2 amide bonds. The summed E-state index contributed by atoms with van der Waals surface area (Å²) in [6.45, 7) is 6.41. The van der Waals surface area contributed by atoms with Gasteiger partial charge in [-0.1, -0.05) is 55.2 Å². The minimum absolute atomic E-state index is 0.0996. The molecule has 3 aromatic rings. The van der Waals surface area contributed by atoms with E-state index in [4.69, 9.17) is 9.72 Å². The molecule has 1 aromatic carbocycles. The van der Waals surface area contributed by atoms with Crippen LogP contribution in [0.1, 0.15) is 30.5 Å². The van der Waals surface area contributed by atoms with Gasteiger partial charge in [0.15, 0.2) is 11.6 Å². The van der Waals surface area contributed by atoms with Crippen LogP contribution in [0.25, 0.3) is 16.9 Å². The largest absolute Gasteiger partial charge is 0.486 e. The quantitative estimate of drug-likeness (QED) is 0.202. The number of aryl methyl sites for hydroxylation is 1. The van der Waals surface area contributed by atoms with Crippen LogP contribution in [-0.2, 0) is 9.59 Å². The maximum Gasteiger partial charge on any atom is 0.261 e. The average molecular weight is 547 g/mol. The van der Waals surface area contributed by atoms with Gasteiger partial charge in [0, 0.05) is 28.8 Å². The number of amides is 2. The van der Waals surface area contributed by atoms with E-state index in [0.29, 0.717) is 47.2 Å². The van der Waals surface area contributed by atoms with Crippen LogP contribution in [0.2, 0.25) is 0 Å². The fourth-order valence-corrected chi connectivity index (χ4v) is 4.96. The van der Waals surface area contributed by atoms with E-state index in [0.717, 1.165) is 29.4 Å². The van der Waals surface area contributed by atoms with Crippen LogP contribution in [0, 0.1) is 18.3 Å². The molecule has 0 saturated heterocycles. The second-order valence-corrected chi connectivity index (χ2v) is 9.56. The lowest BCUT2D eigenvalue weighted by Gasteiger charge is -2.17. The third-order valence-electron chi connectivity index (χ3n) is 6.91. The van der Waals surface area contributed by atoms with Gasteiger partial charge in [0.1, 0.15) is 6.61 Å². The molecule has 9 nitrogen and oxygen atoms in total. The number of allylic oxidation sites excluding steroid dienone is 5. The number of anilines is 1. The Labute approximate surface area is 238 Å². The van der Waals surface area contributed by atoms with E-state index >= 15 is 0 Å². The first kappa shape index (κ1) is 27.3. The van der Waals surface area contributed by atoms with Gasteiger partial charge >= 0.3 is 0 Å². The number of fused-ring (bicyclic) bond motifs is 1. The number of imide groups is 1. The normalized spacial score (nSPS) is 14.9. The van der Waals surface area contributed by atoms with Crippen molar-refractivity contribution in [2.24, 2.45) is 0 Å².